The van der Waals surface area contributed by atoms with Gasteiger partial charge >= 0.3 is 0 Å². The van der Waals surface area contributed by atoms with E-state index in [1.54, 1.807) is 6.08 Å². The topological polar surface area (TPSA) is 46.9 Å². The summed E-state index contributed by atoms with van der Waals surface area (Å²) in [6.07, 6.45) is 4.92. The van der Waals surface area contributed by atoms with E-state index in [4.69, 9.17) is 4.98 Å². The molecule has 1 N–H and O–H groups in total. The molecule has 4 nitrogen and oxygen atoms in total. The molecule has 0 saturated heterocycles. The molecular formula is C17H20BrN3O. The zero-order chi connectivity index (χ0) is 15.9. The number of allylic oxidation sites excluding steroid dienone is 2. The van der Waals surface area contributed by atoms with Crippen LogP contribution in [0.5, 0.6) is 0 Å². The number of rotatable bonds is 7. The van der Waals surface area contributed by atoms with Crippen molar-refractivity contribution in [1.29, 1.82) is 0 Å². The number of hydrogen-bond acceptors (Lipinski definition) is 2. The molecule has 1 aromatic heterocycles. The minimum Gasteiger partial charge on any atom is -0.353 e. The first kappa shape index (κ1) is 16.5. The van der Waals surface area contributed by atoms with E-state index in [2.05, 4.69) is 38.5 Å². The quantitative estimate of drug-likeness (QED) is 0.605. The summed E-state index contributed by atoms with van der Waals surface area (Å²) < 4.78 is 3.08. The van der Waals surface area contributed by atoms with Gasteiger partial charge in [-0.05, 0) is 31.6 Å². The molecule has 22 heavy (non-hydrogen) atoms. The van der Waals surface area contributed by atoms with E-state index in [1.807, 2.05) is 25.1 Å². The van der Waals surface area contributed by atoms with Crippen LogP contribution in [0.25, 0.3) is 11.0 Å². The zero-order valence-electron chi connectivity index (χ0n) is 12.7. The van der Waals surface area contributed by atoms with Crippen LogP contribution in [0.4, 0.5) is 0 Å². The van der Waals surface area contributed by atoms with Gasteiger partial charge in [-0.2, -0.15) is 0 Å². The molecule has 0 aliphatic rings. The highest BCUT2D eigenvalue weighted by Crippen LogP contribution is 2.19. The van der Waals surface area contributed by atoms with E-state index in [-0.39, 0.29) is 5.91 Å². The number of aryl methyl sites for hydroxylation is 1. The van der Waals surface area contributed by atoms with Crippen LogP contribution in [0.2, 0.25) is 0 Å². The molecule has 1 amide bonds. The highest BCUT2D eigenvalue weighted by atomic mass is 79.9. The Morgan fingerprint density at radius 2 is 2.23 bits per heavy atom. The largest absolute Gasteiger partial charge is 0.353 e. The smallest absolute Gasteiger partial charge is 0.243 e. The summed E-state index contributed by atoms with van der Waals surface area (Å²) >= 11 is 3.43. The lowest BCUT2D eigenvalue weighted by atomic mass is 10.3. The van der Waals surface area contributed by atoms with Gasteiger partial charge in [0.25, 0.3) is 0 Å². The SMILES string of the molecule is C=C(Br)Cn1c(CCCNC(=O)/C=C\C)nc2ccccc21. The molecule has 0 bridgehead atoms. The predicted octanol–water partition coefficient (Wildman–Crippen LogP) is 3.57. The van der Waals surface area contributed by atoms with Crippen LogP contribution in [0.1, 0.15) is 19.2 Å². The van der Waals surface area contributed by atoms with Crippen LogP contribution in [0.15, 0.2) is 47.5 Å². The molecule has 0 aliphatic heterocycles. The molecule has 0 aliphatic carbocycles. The fourth-order valence-electron chi connectivity index (χ4n) is 2.33. The number of carbonyl (C=O) groups is 1. The van der Waals surface area contributed by atoms with E-state index < -0.39 is 0 Å². The molecule has 2 rings (SSSR count). The molecule has 0 atom stereocenters. The molecule has 2 aromatic rings. The van der Waals surface area contributed by atoms with E-state index in [0.717, 1.165) is 34.2 Å². The van der Waals surface area contributed by atoms with Crippen molar-refractivity contribution in [3.8, 4) is 0 Å². The molecule has 116 valence electrons. The van der Waals surface area contributed by atoms with Crippen molar-refractivity contribution in [3.63, 3.8) is 0 Å². The highest BCUT2D eigenvalue weighted by Gasteiger charge is 2.10. The average Bonchev–Trinajstić information content (AvgIpc) is 2.81. The highest BCUT2D eigenvalue weighted by molar-refractivity contribution is 9.11. The standard InChI is InChI=1S/C17H20BrN3O/c1-3-7-17(22)19-11-6-10-16-20-14-8-4-5-9-15(14)21(16)12-13(2)18/h3-5,7-9H,2,6,10-12H2,1H3,(H,19,22)/b7-3-. The number of nitrogens with zero attached hydrogens (tertiary/aromatic N) is 2. The summed E-state index contributed by atoms with van der Waals surface area (Å²) in [5, 5.41) is 2.86. The molecule has 0 fully saturated rings. The molecule has 1 heterocycles. The van der Waals surface area contributed by atoms with E-state index in [9.17, 15) is 4.79 Å². The summed E-state index contributed by atoms with van der Waals surface area (Å²) in [4.78, 5) is 16.1. The summed E-state index contributed by atoms with van der Waals surface area (Å²) in [5.41, 5.74) is 2.10. The van der Waals surface area contributed by atoms with E-state index >= 15 is 0 Å². The molecule has 0 radical (unpaired) electrons. The first-order valence-electron chi connectivity index (χ1n) is 7.29. The fourth-order valence-corrected chi connectivity index (χ4v) is 2.58. The normalized spacial score (nSPS) is 11.2. The maximum atomic E-state index is 11.4. The molecule has 0 unspecified atom stereocenters. The number of hydrogen-bond donors (Lipinski definition) is 1. The molecular weight excluding hydrogens is 342 g/mol. The Morgan fingerprint density at radius 3 is 2.95 bits per heavy atom. The third-order valence-corrected chi connectivity index (χ3v) is 3.51. The second kappa shape index (κ2) is 7.94. The Labute approximate surface area is 139 Å². The number of aromatic nitrogens is 2. The lowest BCUT2D eigenvalue weighted by Crippen LogP contribution is -2.22. The van der Waals surface area contributed by atoms with Crippen LogP contribution < -0.4 is 5.32 Å². The number of nitrogens with one attached hydrogen (secondary N) is 1. The van der Waals surface area contributed by atoms with Crippen LogP contribution >= 0.6 is 15.9 Å². The lowest BCUT2D eigenvalue weighted by molar-refractivity contribution is -0.116. The van der Waals surface area contributed by atoms with Gasteiger partial charge in [-0.15, -0.1) is 0 Å². The van der Waals surface area contributed by atoms with Crippen molar-refractivity contribution in [2.75, 3.05) is 6.54 Å². The number of fused-ring (bicyclic) bond motifs is 1. The second-order valence-corrected chi connectivity index (χ2v) is 6.14. The number of amides is 1. The Kier molecular flexibility index (Phi) is 5.95. The third-order valence-electron chi connectivity index (χ3n) is 3.26. The van der Waals surface area contributed by atoms with Crippen molar-refractivity contribution < 1.29 is 4.79 Å². The van der Waals surface area contributed by atoms with Gasteiger partial charge in [0.2, 0.25) is 5.91 Å². The summed E-state index contributed by atoms with van der Waals surface area (Å²) in [5.74, 6) is 0.965. The third kappa shape index (κ3) is 4.31. The van der Waals surface area contributed by atoms with Gasteiger partial charge in [0.15, 0.2) is 0 Å². The minimum atomic E-state index is -0.0511. The Balaban J connectivity index is 2.06. The average molecular weight is 362 g/mol. The predicted molar refractivity (Wildman–Crippen MR) is 93.9 cm³/mol. The van der Waals surface area contributed by atoms with Gasteiger partial charge < -0.3 is 9.88 Å². The number of imidazole rings is 1. The van der Waals surface area contributed by atoms with Crippen molar-refractivity contribution >= 4 is 32.9 Å². The summed E-state index contributed by atoms with van der Waals surface area (Å²) in [7, 11) is 0. The van der Waals surface area contributed by atoms with Crippen molar-refractivity contribution in [2.45, 2.75) is 26.3 Å². The van der Waals surface area contributed by atoms with E-state index in [1.165, 1.54) is 6.08 Å². The monoisotopic (exact) mass is 361 g/mol. The van der Waals surface area contributed by atoms with E-state index in [0.29, 0.717) is 13.1 Å². The Morgan fingerprint density at radius 1 is 1.45 bits per heavy atom. The second-order valence-electron chi connectivity index (χ2n) is 5.01. The first-order chi connectivity index (χ1) is 10.6. The van der Waals surface area contributed by atoms with Gasteiger partial charge in [0.1, 0.15) is 5.82 Å². The van der Waals surface area contributed by atoms with Crippen molar-refractivity contribution in [1.82, 2.24) is 14.9 Å². The van der Waals surface area contributed by atoms with Gasteiger partial charge in [-0.3, -0.25) is 4.79 Å². The Hall–Kier alpha value is -1.88. The van der Waals surface area contributed by atoms with Gasteiger partial charge in [-0.25, -0.2) is 4.98 Å². The van der Waals surface area contributed by atoms with Crippen LogP contribution in [-0.4, -0.2) is 22.0 Å². The molecule has 0 spiro atoms. The van der Waals surface area contributed by atoms with Crippen LogP contribution in [0, 0.1) is 0 Å². The van der Waals surface area contributed by atoms with Crippen molar-refractivity contribution in [2.24, 2.45) is 0 Å². The maximum absolute atomic E-state index is 11.4. The first-order valence-corrected chi connectivity index (χ1v) is 8.09. The molecule has 1 aromatic carbocycles. The Bertz CT molecular complexity index is 703. The zero-order valence-corrected chi connectivity index (χ0v) is 14.3. The van der Waals surface area contributed by atoms with Gasteiger partial charge in [0.05, 0.1) is 17.6 Å². The van der Waals surface area contributed by atoms with Gasteiger partial charge in [-0.1, -0.05) is 40.7 Å². The molecule has 0 saturated carbocycles. The van der Waals surface area contributed by atoms with Crippen LogP contribution in [0.3, 0.4) is 0 Å². The van der Waals surface area contributed by atoms with Gasteiger partial charge in [0, 0.05) is 17.4 Å². The number of carbonyl (C=O) groups excluding carboxylic acids is 1. The summed E-state index contributed by atoms with van der Waals surface area (Å²) in [6.45, 7) is 7.09. The minimum absolute atomic E-state index is 0.0511. The molecule has 5 heteroatoms. The number of halogens is 1. The number of benzene rings is 1. The number of para-hydroxylation sites is 2. The fraction of sp³-hybridized carbons (Fsp3) is 0.294. The summed E-state index contributed by atoms with van der Waals surface area (Å²) in [6, 6.07) is 8.08. The van der Waals surface area contributed by atoms with Crippen molar-refractivity contribution in [3.05, 3.63) is 53.3 Å². The lowest BCUT2D eigenvalue weighted by Gasteiger charge is -2.08. The van der Waals surface area contributed by atoms with Crippen LogP contribution in [-0.2, 0) is 17.8 Å². The maximum Gasteiger partial charge on any atom is 0.243 e.